The van der Waals surface area contributed by atoms with Crippen molar-refractivity contribution < 1.29 is 17.1 Å². The zero-order valence-corrected chi connectivity index (χ0v) is 24.8. The molecule has 0 saturated carbocycles. The van der Waals surface area contributed by atoms with Gasteiger partial charge in [0.2, 0.25) is 5.95 Å². The molecule has 2 N–H and O–H groups in total. The normalized spacial score (nSPS) is 16.6. The summed E-state index contributed by atoms with van der Waals surface area (Å²) in [5.41, 5.74) is 3.31. The van der Waals surface area contributed by atoms with E-state index in [0.717, 1.165) is 24.3 Å². The second-order valence-corrected chi connectivity index (χ2v) is 12.1. The lowest BCUT2D eigenvalue weighted by atomic mass is 10.1. The lowest BCUT2D eigenvalue weighted by Crippen LogP contribution is -2.48. The number of anilines is 3. The third kappa shape index (κ3) is 6.65. The van der Waals surface area contributed by atoms with E-state index in [9.17, 15) is 17.1 Å². The molecule has 0 bridgehead atoms. The monoisotopic (exact) mass is 617 g/mol. The Bertz CT molecular complexity index is 1790. The molecular formula is C30H32FN9O3S. The molecule has 4 heterocycles. The first-order chi connectivity index (χ1) is 21.3. The molecule has 2 aliphatic heterocycles. The molecule has 4 aromatic rings. The molecule has 14 heteroatoms. The van der Waals surface area contributed by atoms with Gasteiger partial charge >= 0.3 is 10.2 Å². The number of hydrogen-bond donors (Lipinski definition) is 2. The quantitative estimate of drug-likeness (QED) is 0.225. The van der Waals surface area contributed by atoms with Crippen LogP contribution in [0.1, 0.15) is 15.9 Å². The number of halogens is 1. The van der Waals surface area contributed by atoms with E-state index in [0.29, 0.717) is 80.9 Å². The van der Waals surface area contributed by atoms with Crippen LogP contribution in [0.5, 0.6) is 0 Å². The molecule has 0 unspecified atom stereocenters. The van der Waals surface area contributed by atoms with Gasteiger partial charge in [0.25, 0.3) is 5.91 Å². The fourth-order valence-electron chi connectivity index (χ4n) is 5.47. The van der Waals surface area contributed by atoms with E-state index in [1.165, 1.54) is 12.1 Å². The van der Waals surface area contributed by atoms with Gasteiger partial charge in [-0.3, -0.25) is 14.6 Å². The highest BCUT2D eigenvalue weighted by molar-refractivity contribution is 7.86. The largest absolute Gasteiger partial charge is 0.340 e. The molecule has 1 amide bonds. The number of hydrogen-bond acceptors (Lipinski definition) is 10. The Hall–Kier alpha value is -4.58. The average molecular weight is 618 g/mol. The summed E-state index contributed by atoms with van der Waals surface area (Å²) in [6, 6.07) is 13.3. The van der Waals surface area contributed by atoms with Crippen molar-refractivity contribution in [1.29, 1.82) is 0 Å². The minimum absolute atomic E-state index is 0.00326. The third-order valence-corrected chi connectivity index (χ3v) is 8.70. The number of rotatable bonds is 8. The molecule has 2 aromatic carbocycles. The number of imidazole rings is 1. The molecule has 2 aromatic heterocycles. The first-order valence-electron chi connectivity index (χ1n) is 14.3. The van der Waals surface area contributed by atoms with Gasteiger partial charge in [-0.1, -0.05) is 18.1 Å². The van der Waals surface area contributed by atoms with Crippen molar-refractivity contribution in [2.75, 3.05) is 69.1 Å². The highest BCUT2D eigenvalue weighted by Gasteiger charge is 2.23. The van der Waals surface area contributed by atoms with E-state index in [4.69, 9.17) is 11.4 Å². The number of aromatic nitrogens is 4. The Kier molecular flexibility index (Phi) is 8.42. The molecule has 2 fully saturated rings. The number of carbonyl (C=O) groups is 1. The van der Waals surface area contributed by atoms with Crippen molar-refractivity contribution in [2.45, 2.75) is 11.4 Å². The zero-order chi connectivity index (χ0) is 30.7. The summed E-state index contributed by atoms with van der Waals surface area (Å²) >= 11 is 0. The molecule has 2 aliphatic rings. The topological polar surface area (TPSA) is 131 Å². The van der Waals surface area contributed by atoms with Gasteiger partial charge in [-0.2, -0.15) is 18.4 Å². The van der Waals surface area contributed by atoms with Crippen LogP contribution in [0.15, 0.2) is 59.8 Å². The van der Waals surface area contributed by atoms with Crippen molar-refractivity contribution in [3.63, 3.8) is 0 Å². The van der Waals surface area contributed by atoms with E-state index >= 15 is 0 Å². The molecule has 0 spiro atoms. The summed E-state index contributed by atoms with van der Waals surface area (Å²) in [5, 5.41) is 3.35. The van der Waals surface area contributed by atoms with Crippen molar-refractivity contribution >= 4 is 44.7 Å². The van der Waals surface area contributed by atoms with Crippen molar-refractivity contribution in [3.8, 4) is 12.3 Å². The molecule has 12 nitrogen and oxygen atoms in total. The second-order valence-electron chi connectivity index (χ2n) is 10.8. The summed E-state index contributed by atoms with van der Waals surface area (Å²) in [4.78, 5) is 37.9. The SMILES string of the molecule is C#CCN1CCN(C(=O)c2ccc(Nc3nc(N4CCN(Cc5cccc(S(=O)(=O)F)c5)CC4)nc4nc[nH]c34)cc2)CC1. The van der Waals surface area contributed by atoms with Crippen molar-refractivity contribution in [3.05, 3.63) is 66.0 Å². The van der Waals surface area contributed by atoms with Gasteiger partial charge in [-0.25, -0.2) is 4.98 Å². The fourth-order valence-corrected chi connectivity index (χ4v) is 6.00. The number of nitrogens with one attached hydrogen (secondary N) is 2. The Morgan fingerprint density at radius 2 is 1.70 bits per heavy atom. The number of nitrogens with zero attached hydrogens (tertiary/aromatic N) is 7. The van der Waals surface area contributed by atoms with E-state index in [2.05, 4.69) is 40.9 Å². The first kappa shape index (κ1) is 29.5. The van der Waals surface area contributed by atoms with Crippen LogP contribution < -0.4 is 10.2 Å². The summed E-state index contributed by atoms with van der Waals surface area (Å²) in [5.74, 6) is 3.76. The number of carbonyl (C=O) groups excluding carboxylic acids is 1. The predicted molar refractivity (Wildman–Crippen MR) is 165 cm³/mol. The number of aromatic amines is 1. The summed E-state index contributed by atoms with van der Waals surface area (Å²) in [7, 11) is -4.75. The van der Waals surface area contributed by atoms with Gasteiger partial charge in [0.05, 0.1) is 17.8 Å². The Morgan fingerprint density at radius 1 is 0.977 bits per heavy atom. The number of piperazine rings is 2. The van der Waals surface area contributed by atoms with E-state index in [1.807, 2.05) is 29.2 Å². The van der Waals surface area contributed by atoms with Gasteiger partial charge in [0.1, 0.15) is 5.52 Å². The molecular weight excluding hydrogens is 585 g/mol. The van der Waals surface area contributed by atoms with Gasteiger partial charge in [-0.05, 0) is 42.0 Å². The van der Waals surface area contributed by atoms with E-state index in [-0.39, 0.29) is 10.8 Å². The van der Waals surface area contributed by atoms with Crippen LogP contribution in [0.4, 0.5) is 21.3 Å². The van der Waals surface area contributed by atoms with Gasteiger partial charge < -0.3 is 20.1 Å². The highest BCUT2D eigenvalue weighted by Crippen LogP contribution is 2.26. The third-order valence-electron chi connectivity index (χ3n) is 7.88. The average Bonchev–Trinajstić information content (AvgIpc) is 3.51. The molecule has 44 heavy (non-hydrogen) atoms. The van der Waals surface area contributed by atoms with Crippen LogP contribution in [-0.2, 0) is 16.8 Å². The maximum Gasteiger partial charge on any atom is 0.332 e. The van der Waals surface area contributed by atoms with Crippen LogP contribution >= 0.6 is 0 Å². The van der Waals surface area contributed by atoms with Gasteiger partial charge in [0.15, 0.2) is 11.5 Å². The van der Waals surface area contributed by atoms with Crippen LogP contribution in [0.25, 0.3) is 11.2 Å². The maximum absolute atomic E-state index is 13.4. The van der Waals surface area contributed by atoms with Crippen LogP contribution in [-0.4, -0.2) is 108 Å². The van der Waals surface area contributed by atoms with E-state index in [1.54, 1.807) is 18.5 Å². The Labute approximate surface area is 255 Å². The summed E-state index contributed by atoms with van der Waals surface area (Å²) < 4.78 is 36.0. The molecule has 0 radical (unpaired) electrons. The van der Waals surface area contributed by atoms with Crippen LogP contribution in [0.3, 0.4) is 0 Å². The standard InChI is InChI=1S/C30H32FN9O3S/c1-2-10-37-11-15-39(16-12-37)29(41)23-6-8-24(9-7-23)34-28-26-27(33-21-32-26)35-30(36-28)40-17-13-38(14-18-40)20-22-4-3-5-25(19-22)44(31,42)43/h1,3-9,19,21H,10-18,20H2,(H2,32,33,34,35,36). The number of H-pyrrole nitrogens is 1. The van der Waals surface area contributed by atoms with Crippen molar-refractivity contribution in [1.82, 2.24) is 34.6 Å². The molecule has 0 aliphatic carbocycles. The number of fused-ring (bicyclic) bond motifs is 1. The molecule has 0 atom stereocenters. The smallest absolute Gasteiger partial charge is 0.332 e. The number of terminal acetylenes is 1. The predicted octanol–water partition coefficient (Wildman–Crippen LogP) is 2.47. The number of benzene rings is 2. The fraction of sp³-hybridized carbons (Fsp3) is 0.333. The zero-order valence-electron chi connectivity index (χ0n) is 24.0. The minimum Gasteiger partial charge on any atom is -0.340 e. The van der Waals surface area contributed by atoms with Crippen LogP contribution in [0.2, 0.25) is 0 Å². The second kappa shape index (κ2) is 12.6. The maximum atomic E-state index is 13.4. The van der Waals surface area contributed by atoms with Crippen LogP contribution in [0, 0.1) is 12.3 Å². The minimum atomic E-state index is -4.75. The lowest BCUT2D eigenvalue weighted by Gasteiger charge is -2.34. The van der Waals surface area contributed by atoms with Gasteiger partial charge in [0, 0.05) is 70.2 Å². The molecule has 228 valence electrons. The lowest BCUT2D eigenvalue weighted by molar-refractivity contribution is 0.0652. The van der Waals surface area contributed by atoms with Gasteiger partial charge in [-0.15, -0.1) is 10.3 Å². The molecule has 6 rings (SSSR count). The van der Waals surface area contributed by atoms with Crippen molar-refractivity contribution in [2.24, 2.45) is 0 Å². The Balaban J connectivity index is 1.10. The first-order valence-corrected chi connectivity index (χ1v) is 15.7. The van der Waals surface area contributed by atoms with E-state index < -0.39 is 10.2 Å². The number of amides is 1. The highest BCUT2D eigenvalue weighted by atomic mass is 32.3. The Morgan fingerprint density at radius 3 is 2.41 bits per heavy atom. The summed E-state index contributed by atoms with van der Waals surface area (Å²) in [6.45, 7) is 6.58. The summed E-state index contributed by atoms with van der Waals surface area (Å²) in [6.07, 6.45) is 6.98. The molecule has 2 saturated heterocycles.